The van der Waals surface area contributed by atoms with Crippen LogP contribution < -0.4 is 15.8 Å². The van der Waals surface area contributed by atoms with Gasteiger partial charge in [0, 0.05) is 19.0 Å². The molecule has 0 fully saturated rings. The summed E-state index contributed by atoms with van der Waals surface area (Å²) >= 11 is 0. The Morgan fingerprint density at radius 1 is 1.35 bits per heavy atom. The Morgan fingerprint density at radius 2 is 2.00 bits per heavy atom. The predicted octanol–water partition coefficient (Wildman–Crippen LogP) is 2.15. The van der Waals surface area contributed by atoms with Crippen molar-refractivity contribution in [2.24, 2.45) is 11.7 Å². The van der Waals surface area contributed by atoms with E-state index in [2.05, 4.69) is 19.2 Å². The number of carbonyl (C=O) groups is 1. The molecule has 0 saturated carbocycles. The fourth-order valence-corrected chi connectivity index (χ4v) is 1.97. The number of nitrogens with two attached hydrogens (primary N) is 1. The molecule has 4 nitrogen and oxygen atoms in total. The lowest BCUT2D eigenvalue weighted by atomic mass is 9.95. The van der Waals surface area contributed by atoms with Crippen molar-refractivity contribution < 1.29 is 9.53 Å². The fraction of sp³-hybridized carbons (Fsp3) is 0.533. The van der Waals surface area contributed by atoms with Crippen LogP contribution in [0.4, 0.5) is 0 Å². The first-order chi connectivity index (χ1) is 9.08. The summed E-state index contributed by atoms with van der Waals surface area (Å²) in [7, 11) is 1.66. The fourth-order valence-electron chi connectivity index (χ4n) is 1.97. The van der Waals surface area contributed by atoms with Crippen LogP contribution in [0.25, 0.3) is 0 Å². The third-order valence-corrected chi connectivity index (χ3v) is 3.15. The van der Waals surface area contributed by atoms with Crippen LogP contribution in [0.3, 0.4) is 0 Å². The van der Waals surface area contributed by atoms with Gasteiger partial charge in [-0.25, -0.2) is 0 Å². The van der Waals surface area contributed by atoms with E-state index in [0.29, 0.717) is 18.9 Å². The third kappa shape index (κ3) is 5.80. The zero-order valence-corrected chi connectivity index (χ0v) is 13.2. The number of para-hydroxylation sites is 1. The summed E-state index contributed by atoms with van der Waals surface area (Å²) in [6, 6.07) is 7.99. The Hall–Kier alpha value is -1.26. The van der Waals surface area contributed by atoms with Gasteiger partial charge in [0.25, 0.3) is 0 Å². The second kappa shape index (κ2) is 9.61. The molecule has 1 unspecified atom stereocenters. The molecule has 0 aliphatic heterocycles. The second-order valence-corrected chi connectivity index (χ2v) is 4.97. The maximum Gasteiger partial charge on any atom is 0.221 e. The maximum absolute atomic E-state index is 11.7. The summed E-state index contributed by atoms with van der Waals surface area (Å²) in [6.45, 7) is 4.58. The van der Waals surface area contributed by atoms with E-state index < -0.39 is 0 Å². The SMILES string of the molecule is COc1ccccc1CC(NC(=O)CCN)C(C)C.Cl. The number of nitrogens with one attached hydrogen (secondary N) is 1. The first-order valence-electron chi connectivity index (χ1n) is 6.69. The molecule has 1 amide bonds. The Morgan fingerprint density at radius 3 is 2.55 bits per heavy atom. The van der Waals surface area contributed by atoms with Crippen molar-refractivity contribution in [3.63, 3.8) is 0 Å². The van der Waals surface area contributed by atoms with Crippen LogP contribution in [0.1, 0.15) is 25.8 Å². The van der Waals surface area contributed by atoms with Gasteiger partial charge in [0.05, 0.1) is 7.11 Å². The molecule has 1 atom stereocenters. The summed E-state index contributed by atoms with van der Waals surface area (Å²) in [4.78, 5) is 11.7. The van der Waals surface area contributed by atoms with Gasteiger partial charge >= 0.3 is 0 Å². The highest BCUT2D eigenvalue weighted by molar-refractivity contribution is 5.85. The molecule has 0 aliphatic carbocycles. The molecule has 0 bridgehead atoms. The van der Waals surface area contributed by atoms with Crippen LogP contribution in [0.5, 0.6) is 5.75 Å². The van der Waals surface area contributed by atoms with Crippen molar-refractivity contribution in [3.8, 4) is 5.75 Å². The highest BCUT2D eigenvalue weighted by atomic mass is 35.5. The van der Waals surface area contributed by atoms with Crippen molar-refractivity contribution in [1.82, 2.24) is 5.32 Å². The van der Waals surface area contributed by atoms with Gasteiger partial charge in [-0.15, -0.1) is 12.4 Å². The Labute approximate surface area is 127 Å². The molecule has 0 aliphatic rings. The minimum Gasteiger partial charge on any atom is -0.496 e. The van der Waals surface area contributed by atoms with E-state index in [1.54, 1.807) is 7.11 Å². The molecular weight excluding hydrogens is 276 g/mol. The quantitative estimate of drug-likeness (QED) is 0.811. The van der Waals surface area contributed by atoms with Crippen LogP contribution in [-0.2, 0) is 11.2 Å². The summed E-state index contributed by atoms with van der Waals surface area (Å²) in [5, 5.41) is 3.04. The monoisotopic (exact) mass is 300 g/mol. The number of carbonyl (C=O) groups excluding carboxylic acids is 1. The molecule has 0 saturated heterocycles. The van der Waals surface area contributed by atoms with E-state index in [1.165, 1.54) is 0 Å². The van der Waals surface area contributed by atoms with Gasteiger partial charge in [-0.05, 0) is 24.0 Å². The number of methoxy groups -OCH3 is 1. The molecule has 1 rings (SSSR count). The van der Waals surface area contributed by atoms with Crippen LogP contribution in [0.2, 0.25) is 0 Å². The summed E-state index contributed by atoms with van der Waals surface area (Å²) in [6.07, 6.45) is 1.13. The van der Waals surface area contributed by atoms with Crippen LogP contribution in [0, 0.1) is 5.92 Å². The molecule has 0 heterocycles. The molecule has 0 aromatic heterocycles. The number of halogens is 1. The van der Waals surface area contributed by atoms with E-state index >= 15 is 0 Å². The van der Waals surface area contributed by atoms with E-state index in [9.17, 15) is 4.79 Å². The molecule has 114 valence electrons. The van der Waals surface area contributed by atoms with Crippen molar-refractivity contribution in [1.29, 1.82) is 0 Å². The normalized spacial score (nSPS) is 11.7. The summed E-state index contributed by atoms with van der Waals surface area (Å²) in [5.74, 6) is 1.23. The lowest BCUT2D eigenvalue weighted by Crippen LogP contribution is -2.40. The first kappa shape index (κ1) is 18.7. The molecule has 1 aromatic rings. The highest BCUT2D eigenvalue weighted by Gasteiger charge is 2.18. The average Bonchev–Trinajstić information content (AvgIpc) is 2.38. The third-order valence-electron chi connectivity index (χ3n) is 3.15. The lowest BCUT2D eigenvalue weighted by Gasteiger charge is -2.23. The molecule has 0 spiro atoms. The highest BCUT2D eigenvalue weighted by Crippen LogP contribution is 2.21. The minimum absolute atomic E-state index is 0. The van der Waals surface area contributed by atoms with Gasteiger partial charge in [0.2, 0.25) is 5.91 Å². The second-order valence-electron chi connectivity index (χ2n) is 4.97. The number of amides is 1. The molecule has 5 heteroatoms. The topological polar surface area (TPSA) is 64.3 Å². The van der Waals surface area contributed by atoms with Gasteiger partial charge in [0.15, 0.2) is 0 Å². The van der Waals surface area contributed by atoms with Crippen molar-refractivity contribution in [2.75, 3.05) is 13.7 Å². The number of hydrogen-bond donors (Lipinski definition) is 2. The number of hydrogen-bond acceptors (Lipinski definition) is 3. The van der Waals surface area contributed by atoms with E-state index in [-0.39, 0.29) is 24.4 Å². The number of rotatable bonds is 7. The van der Waals surface area contributed by atoms with Crippen LogP contribution in [-0.4, -0.2) is 25.6 Å². The van der Waals surface area contributed by atoms with Crippen LogP contribution in [0.15, 0.2) is 24.3 Å². The first-order valence-corrected chi connectivity index (χ1v) is 6.69. The molecule has 3 N–H and O–H groups in total. The Kier molecular flexibility index (Phi) is 9.01. The number of ether oxygens (including phenoxy) is 1. The largest absolute Gasteiger partial charge is 0.496 e. The van der Waals surface area contributed by atoms with Gasteiger partial charge < -0.3 is 15.8 Å². The maximum atomic E-state index is 11.7. The Balaban J connectivity index is 0.00000361. The van der Waals surface area contributed by atoms with Crippen molar-refractivity contribution in [3.05, 3.63) is 29.8 Å². The zero-order chi connectivity index (χ0) is 14.3. The Bertz CT molecular complexity index is 411. The molecule has 0 radical (unpaired) electrons. The lowest BCUT2D eigenvalue weighted by molar-refractivity contribution is -0.121. The number of benzene rings is 1. The van der Waals surface area contributed by atoms with E-state index in [4.69, 9.17) is 10.5 Å². The molecule has 20 heavy (non-hydrogen) atoms. The molecular formula is C15H25ClN2O2. The van der Waals surface area contributed by atoms with Crippen molar-refractivity contribution >= 4 is 18.3 Å². The standard InChI is InChI=1S/C15H24N2O2.ClH/c1-11(2)13(17-15(18)8-9-16)10-12-6-4-5-7-14(12)19-3;/h4-7,11,13H,8-10,16H2,1-3H3,(H,17,18);1H. The van der Waals surface area contributed by atoms with Gasteiger partial charge in [0.1, 0.15) is 5.75 Å². The van der Waals surface area contributed by atoms with Gasteiger partial charge in [-0.2, -0.15) is 0 Å². The zero-order valence-electron chi connectivity index (χ0n) is 12.4. The van der Waals surface area contributed by atoms with E-state index in [1.807, 2.05) is 24.3 Å². The predicted molar refractivity (Wildman–Crippen MR) is 84.4 cm³/mol. The van der Waals surface area contributed by atoms with Crippen LogP contribution >= 0.6 is 12.4 Å². The average molecular weight is 301 g/mol. The van der Waals surface area contributed by atoms with Crippen molar-refractivity contribution in [2.45, 2.75) is 32.7 Å². The van der Waals surface area contributed by atoms with E-state index in [0.717, 1.165) is 17.7 Å². The minimum atomic E-state index is 0. The summed E-state index contributed by atoms with van der Waals surface area (Å²) in [5.41, 5.74) is 6.51. The van der Waals surface area contributed by atoms with Gasteiger partial charge in [-0.3, -0.25) is 4.79 Å². The summed E-state index contributed by atoms with van der Waals surface area (Å²) < 4.78 is 5.35. The van der Waals surface area contributed by atoms with Gasteiger partial charge in [-0.1, -0.05) is 32.0 Å². The molecule has 1 aromatic carbocycles. The smallest absolute Gasteiger partial charge is 0.221 e.